The molecule has 0 aromatic carbocycles. The molecule has 0 bridgehead atoms. The fraction of sp³-hybridized carbons (Fsp3) is 0.833. The van der Waals surface area contributed by atoms with Gasteiger partial charge in [-0.15, -0.1) is 0 Å². The van der Waals surface area contributed by atoms with Crippen molar-refractivity contribution in [1.82, 2.24) is 6.15 Å². The molecule has 80 valence electrons. The van der Waals surface area contributed by atoms with E-state index in [0.717, 1.165) is 6.42 Å². The number of rotatable bonds is 5. The lowest BCUT2D eigenvalue weighted by molar-refractivity contribution is -0.141. The normalized spacial score (nSPS) is 10.3. The molecule has 0 aromatic rings. The molecule has 0 aliphatic heterocycles. The first kappa shape index (κ1) is 14.8. The standard InChI is InChI=1S/C6H12O5S.H3N/c1-2-3-4-6(7)11-5-12(8,9)10;/h2-5H2,1H3,(H,8,9,10);1H3. The second-order valence-corrected chi connectivity index (χ2v) is 3.72. The Morgan fingerprint density at radius 1 is 1.46 bits per heavy atom. The lowest BCUT2D eigenvalue weighted by Crippen LogP contribution is -2.12. The van der Waals surface area contributed by atoms with E-state index in [1.54, 1.807) is 0 Å². The van der Waals surface area contributed by atoms with Crippen molar-refractivity contribution < 1.29 is 22.5 Å². The second kappa shape index (κ2) is 6.81. The second-order valence-electron chi connectivity index (χ2n) is 2.32. The molecule has 7 heteroatoms. The zero-order valence-electron chi connectivity index (χ0n) is 7.52. The third kappa shape index (κ3) is 11.3. The molecular weight excluding hydrogens is 198 g/mol. The molecular formula is C6H15NO5S. The van der Waals surface area contributed by atoms with Gasteiger partial charge in [0.1, 0.15) is 0 Å². The SMILES string of the molecule is CCCCC(=O)OCS(=O)(=O)O.N. The van der Waals surface area contributed by atoms with E-state index in [1.807, 2.05) is 6.92 Å². The number of hydrogen-bond acceptors (Lipinski definition) is 5. The van der Waals surface area contributed by atoms with Crippen LogP contribution in [0.2, 0.25) is 0 Å². The molecule has 13 heavy (non-hydrogen) atoms. The number of carbonyl (C=O) groups is 1. The van der Waals surface area contributed by atoms with Gasteiger partial charge in [-0.05, 0) is 6.42 Å². The van der Waals surface area contributed by atoms with E-state index < -0.39 is 22.0 Å². The summed E-state index contributed by atoms with van der Waals surface area (Å²) in [6.45, 7) is 1.90. The van der Waals surface area contributed by atoms with Crippen molar-refractivity contribution >= 4 is 16.1 Å². The van der Waals surface area contributed by atoms with E-state index in [9.17, 15) is 13.2 Å². The molecule has 0 aliphatic rings. The first-order chi connectivity index (χ1) is 5.45. The zero-order valence-corrected chi connectivity index (χ0v) is 8.34. The highest BCUT2D eigenvalue weighted by molar-refractivity contribution is 7.85. The average molecular weight is 213 g/mol. The molecule has 0 amide bonds. The molecule has 0 spiro atoms. The lowest BCUT2D eigenvalue weighted by atomic mass is 10.3. The van der Waals surface area contributed by atoms with Crippen molar-refractivity contribution in [3.63, 3.8) is 0 Å². The summed E-state index contributed by atoms with van der Waals surface area (Å²) in [5.74, 6) is -1.55. The third-order valence-corrected chi connectivity index (χ3v) is 1.52. The molecule has 0 unspecified atom stereocenters. The van der Waals surface area contributed by atoms with E-state index in [2.05, 4.69) is 4.74 Å². The Bertz CT molecular complexity index is 235. The minimum Gasteiger partial charge on any atom is -0.447 e. The van der Waals surface area contributed by atoms with Gasteiger partial charge in [-0.25, -0.2) is 0 Å². The third-order valence-electron chi connectivity index (χ3n) is 1.10. The maximum Gasteiger partial charge on any atom is 0.306 e. The van der Waals surface area contributed by atoms with Gasteiger partial charge in [0.2, 0.25) is 5.94 Å². The van der Waals surface area contributed by atoms with Gasteiger partial charge in [-0.2, -0.15) is 8.42 Å². The van der Waals surface area contributed by atoms with Gasteiger partial charge < -0.3 is 10.9 Å². The van der Waals surface area contributed by atoms with Crippen molar-refractivity contribution in [3.8, 4) is 0 Å². The average Bonchev–Trinajstić information content (AvgIpc) is 1.95. The molecule has 0 aliphatic carbocycles. The summed E-state index contributed by atoms with van der Waals surface area (Å²) in [6.07, 6.45) is 1.68. The Hall–Kier alpha value is -0.660. The van der Waals surface area contributed by atoms with Gasteiger partial charge in [-0.1, -0.05) is 13.3 Å². The Balaban J connectivity index is 0. The number of carbonyl (C=O) groups excluding carboxylic acids is 1. The number of ether oxygens (including phenoxy) is 1. The first-order valence-corrected chi connectivity index (χ1v) is 5.17. The molecule has 0 radical (unpaired) electrons. The first-order valence-electron chi connectivity index (χ1n) is 3.56. The monoisotopic (exact) mass is 213 g/mol. The van der Waals surface area contributed by atoms with Crippen LogP contribution >= 0.6 is 0 Å². The molecule has 6 nitrogen and oxygen atoms in total. The van der Waals surface area contributed by atoms with Crippen molar-refractivity contribution in [2.45, 2.75) is 26.2 Å². The molecule has 0 rings (SSSR count). The molecule has 0 atom stereocenters. The molecule has 0 aromatic heterocycles. The lowest BCUT2D eigenvalue weighted by Gasteiger charge is -2.00. The van der Waals surface area contributed by atoms with Crippen LogP contribution in [0.5, 0.6) is 0 Å². The van der Waals surface area contributed by atoms with Crippen LogP contribution in [0.4, 0.5) is 0 Å². The van der Waals surface area contributed by atoms with Crippen LogP contribution < -0.4 is 6.15 Å². The summed E-state index contributed by atoms with van der Waals surface area (Å²) in [5.41, 5.74) is 0. The topological polar surface area (TPSA) is 116 Å². The predicted molar refractivity (Wildman–Crippen MR) is 47.1 cm³/mol. The summed E-state index contributed by atoms with van der Waals surface area (Å²) in [6, 6.07) is 0. The van der Waals surface area contributed by atoms with E-state index in [4.69, 9.17) is 4.55 Å². The van der Waals surface area contributed by atoms with Crippen molar-refractivity contribution in [2.24, 2.45) is 0 Å². The molecule has 0 saturated carbocycles. The van der Waals surface area contributed by atoms with Crippen LogP contribution in [0.1, 0.15) is 26.2 Å². The summed E-state index contributed by atoms with van der Waals surface area (Å²) in [4.78, 5) is 10.7. The Morgan fingerprint density at radius 3 is 2.38 bits per heavy atom. The van der Waals surface area contributed by atoms with Crippen molar-refractivity contribution in [1.29, 1.82) is 0 Å². The van der Waals surface area contributed by atoms with Crippen LogP contribution in [0.3, 0.4) is 0 Å². The van der Waals surface area contributed by atoms with Gasteiger partial charge in [0.05, 0.1) is 0 Å². The van der Waals surface area contributed by atoms with E-state index >= 15 is 0 Å². The molecule has 0 fully saturated rings. The van der Waals surface area contributed by atoms with Crippen LogP contribution in [-0.4, -0.2) is 24.9 Å². The highest BCUT2D eigenvalue weighted by Gasteiger charge is 2.08. The molecule has 0 saturated heterocycles. The minimum atomic E-state index is -4.19. The van der Waals surface area contributed by atoms with Crippen LogP contribution in [0.25, 0.3) is 0 Å². The van der Waals surface area contributed by atoms with Crippen LogP contribution in [0, 0.1) is 0 Å². The quantitative estimate of drug-likeness (QED) is 0.513. The Morgan fingerprint density at radius 2 is 2.00 bits per heavy atom. The summed E-state index contributed by atoms with van der Waals surface area (Å²) in [7, 11) is -4.19. The molecule has 0 heterocycles. The highest BCUT2D eigenvalue weighted by Crippen LogP contribution is 1.97. The van der Waals surface area contributed by atoms with Gasteiger partial charge in [0.25, 0.3) is 0 Å². The predicted octanol–water partition coefficient (Wildman–Crippen LogP) is 0.727. The van der Waals surface area contributed by atoms with Crippen LogP contribution in [0.15, 0.2) is 0 Å². The summed E-state index contributed by atoms with van der Waals surface area (Å²) in [5, 5.41) is 0. The summed E-state index contributed by atoms with van der Waals surface area (Å²) >= 11 is 0. The van der Waals surface area contributed by atoms with Gasteiger partial charge in [0, 0.05) is 6.42 Å². The summed E-state index contributed by atoms with van der Waals surface area (Å²) < 4.78 is 32.6. The smallest absolute Gasteiger partial charge is 0.306 e. The molecule has 4 N–H and O–H groups in total. The highest BCUT2D eigenvalue weighted by atomic mass is 32.2. The number of hydrogen-bond donors (Lipinski definition) is 2. The minimum absolute atomic E-state index is 0. The maximum absolute atomic E-state index is 10.7. The maximum atomic E-state index is 10.7. The van der Waals surface area contributed by atoms with Gasteiger partial charge in [-0.3, -0.25) is 9.35 Å². The van der Waals surface area contributed by atoms with Crippen LogP contribution in [-0.2, 0) is 19.6 Å². The van der Waals surface area contributed by atoms with Crippen molar-refractivity contribution in [3.05, 3.63) is 0 Å². The number of unbranched alkanes of at least 4 members (excludes halogenated alkanes) is 1. The van der Waals surface area contributed by atoms with Crippen molar-refractivity contribution in [2.75, 3.05) is 5.94 Å². The van der Waals surface area contributed by atoms with Gasteiger partial charge in [0.15, 0.2) is 0 Å². The largest absolute Gasteiger partial charge is 0.447 e. The van der Waals surface area contributed by atoms with E-state index in [0.29, 0.717) is 6.42 Å². The Kier molecular flexibility index (Phi) is 7.78. The van der Waals surface area contributed by atoms with E-state index in [-0.39, 0.29) is 12.6 Å². The van der Waals surface area contributed by atoms with E-state index in [1.165, 1.54) is 0 Å². The van der Waals surface area contributed by atoms with Gasteiger partial charge >= 0.3 is 16.1 Å². The number of esters is 1. The fourth-order valence-electron chi connectivity index (χ4n) is 0.533. The fourth-order valence-corrected chi connectivity index (χ4v) is 0.814. The Labute approximate surface area is 77.6 Å². The zero-order chi connectivity index (χ0) is 9.61.